The van der Waals surface area contributed by atoms with Gasteiger partial charge in [-0.1, -0.05) is 12.1 Å². The maximum absolute atomic E-state index is 11.6. The lowest BCUT2D eigenvalue weighted by Crippen LogP contribution is -2.26. The molecule has 9 heteroatoms. The molecule has 1 heterocycles. The molecule has 0 fully saturated rings. The molecule has 2 aromatic rings. The van der Waals surface area contributed by atoms with E-state index >= 15 is 0 Å². The average molecular weight is 305 g/mol. The summed E-state index contributed by atoms with van der Waals surface area (Å²) in [5.41, 5.74) is 0.556. The van der Waals surface area contributed by atoms with Gasteiger partial charge in [0.1, 0.15) is 0 Å². The van der Waals surface area contributed by atoms with Crippen LogP contribution in [-0.4, -0.2) is 32.6 Å². The van der Waals surface area contributed by atoms with Gasteiger partial charge in [-0.3, -0.25) is 19.9 Å². The predicted molar refractivity (Wildman–Crippen MR) is 77.6 cm³/mol. The summed E-state index contributed by atoms with van der Waals surface area (Å²) in [4.78, 5) is 34.7. The van der Waals surface area contributed by atoms with E-state index < -0.39 is 16.5 Å². The SMILES string of the molecule is O=C(NCCCCc1ccc([N+](=O)[O-])cc1)c1n[nH]c(=O)[nH]1. The highest BCUT2D eigenvalue weighted by molar-refractivity contribution is 5.90. The minimum Gasteiger partial charge on any atom is -0.349 e. The molecular weight excluding hydrogens is 290 g/mol. The molecule has 0 unspecified atom stereocenters. The zero-order valence-corrected chi connectivity index (χ0v) is 11.7. The number of amides is 1. The molecule has 1 aromatic heterocycles. The highest BCUT2D eigenvalue weighted by atomic mass is 16.6. The lowest BCUT2D eigenvalue weighted by atomic mass is 10.1. The molecule has 0 saturated heterocycles. The number of nitrogens with one attached hydrogen (secondary N) is 3. The second kappa shape index (κ2) is 7.16. The van der Waals surface area contributed by atoms with Crippen molar-refractivity contribution in [3.8, 4) is 0 Å². The van der Waals surface area contributed by atoms with Crippen LogP contribution in [0.15, 0.2) is 29.1 Å². The second-order valence-corrected chi connectivity index (χ2v) is 4.66. The highest BCUT2D eigenvalue weighted by Gasteiger charge is 2.08. The Labute approximate surface area is 124 Å². The molecular formula is C13H15N5O4. The number of aryl methyl sites for hydroxylation is 1. The average Bonchev–Trinajstić information content (AvgIpc) is 2.94. The van der Waals surface area contributed by atoms with Gasteiger partial charge in [0.15, 0.2) is 0 Å². The maximum atomic E-state index is 11.6. The zero-order valence-electron chi connectivity index (χ0n) is 11.7. The van der Waals surface area contributed by atoms with Crippen molar-refractivity contribution >= 4 is 11.6 Å². The first-order valence-electron chi connectivity index (χ1n) is 6.72. The third kappa shape index (κ3) is 4.27. The van der Waals surface area contributed by atoms with Crippen molar-refractivity contribution in [1.29, 1.82) is 0 Å². The zero-order chi connectivity index (χ0) is 15.9. The van der Waals surface area contributed by atoms with Crippen molar-refractivity contribution in [3.63, 3.8) is 0 Å². The molecule has 0 saturated carbocycles. The Kier molecular flexibility index (Phi) is 5.02. The van der Waals surface area contributed by atoms with Gasteiger partial charge >= 0.3 is 5.69 Å². The fourth-order valence-electron chi connectivity index (χ4n) is 1.90. The number of H-pyrrole nitrogens is 2. The number of benzene rings is 1. The van der Waals surface area contributed by atoms with E-state index in [9.17, 15) is 19.7 Å². The van der Waals surface area contributed by atoms with Crippen LogP contribution in [0.2, 0.25) is 0 Å². The van der Waals surface area contributed by atoms with Gasteiger partial charge in [0, 0.05) is 18.7 Å². The fourth-order valence-corrected chi connectivity index (χ4v) is 1.90. The van der Waals surface area contributed by atoms with E-state index in [0.29, 0.717) is 6.54 Å². The van der Waals surface area contributed by atoms with Crippen LogP contribution in [0.3, 0.4) is 0 Å². The summed E-state index contributed by atoms with van der Waals surface area (Å²) < 4.78 is 0. The van der Waals surface area contributed by atoms with Crippen molar-refractivity contribution in [2.24, 2.45) is 0 Å². The number of hydrogen-bond acceptors (Lipinski definition) is 5. The van der Waals surface area contributed by atoms with Gasteiger partial charge in [0.25, 0.3) is 11.6 Å². The molecule has 22 heavy (non-hydrogen) atoms. The smallest absolute Gasteiger partial charge is 0.341 e. The normalized spacial score (nSPS) is 10.4. The number of carbonyl (C=O) groups excluding carboxylic acids is 1. The first-order chi connectivity index (χ1) is 10.6. The third-order valence-corrected chi connectivity index (χ3v) is 3.04. The molecule has 0 aliphatic heterocycles. The Morgan fingerprint density at radius 2 is 2.00 bits per heavy atom. The van der Waals surface area contributed by atoms with E-state index in [-0.39, 0.29) is 11.5 Å². The molecule has 0 atom stereocenters. The van der Waals surface area contributed by atoms with E-state index in [4.69, 9.17) is 0 Å². The number of aromatic nitrogens is 3. The Morgan fingerprint density at radius 1 is 1.27 bits per heavy atom. The van der Waals surface area contributed by atoms with Crippen LogP contribution >= 0.6 is 0 Å². The molecule has 2 rings (SSSR count). The number of nitrogens with zero attached hydrogens (tertiary/aromatic N) is 2. The second-order valence-electron chi connectivity index (χ2n) is 4.66. The van der Waals surface area contributed by atoms with Crippen LogP contribution in [-0.2, 0) is 6.42 Å². The molecule has 3 N–H and O–H groups in total. The van der Waals surface area contributed by atoms with Gasteiger partial charge < -0.3 is 5.32 Å². The number of carbonyl (C=O) groups is 1. The summed E-state index contributed by atoms with van der Waals surface area (Å²) >= 11 is 0. The number of aromatic amines is 2. The Balaban J connectivity index is 1.68. The number of nitro benzene ring substituents is 1. The van der Waals surface area contributed by atoms with E-state index in [2.05, 4.69) is 20.5 Å². The first-order valence-corrected chi connectivity index (χ1v) is 6.72. The minimum absolute atomic E-state index is 0.0413. The highest BCUT2D eigenvalue weighted by Crippen LogP contribution is 2.13. The molecule has 0 bridgehead atoms. The summed E-state index contributed by atoms with van der Waals surface area (Å²) in [6.07, 6.45) is 2.35. The Hall–Kier alpha value is -2.97. The molecule has 0 aliphatic carbocycles. The van der Waals surface area contributed by atoms with Crippen molar-refractivity contribution in [2.75, 3.05) is 6.54 Å². The van der Waals surface area contributed by atoms with E-state index in [1.54, 1.807) is 12.1 Å². The van der Waals surface area contributed by atoms with E-state index in [1.165, 1.54) is 12.1 Å². The number of nitro groups is 1. The van der Waals surface area contributed by atoms with Gasteiger partial charge in [-0.05, 0) is 24.8 Å². The summed E-state index contributed by atoms with van der Waals surface area (Å²) in [5, 5.41) is 18.8. The van der Waals surface area contributed by atoms with Crippen LogP contribution < -0.4 is 11.0 Å². The topological polar surface area (TPSA) is 134 Å². The monoisotopic (exact) mass is 305 g/mol. The fraction of sp³-hybridized carbons (Fsp3) is 0.308. The molecule has 116 valence electrons. The van der Waals surface area contributed by atoms with Gasteiger partial charge in [0.05, 0.1) is 4.92 Å². The molecule has 9 nitrogen and oxygen atoms in total. The van der Waals surface area contributed by atoms with Crippen LogP contribution in [0.25, 0.3) is 0 Å². The van der Waals surface area contributed by atoms with Crippen LogP contribution in [0.4, 0.5) is 5.69 Å². The Bertz CT molecular complexity index is 704. The molecule has 0 radical (unpaired) electrons. The lowest BCUT2D eigenvalue weighted by molar-refractivity contribution is -0.384. The molecule has 0 aliphatic rings. The van der Waals surface area contributed by atoms with Crippen LogP contribution in [0.5, 0.6) is 0 Å². The van der Waals surface area contributed by atoms with Crippen molar-refractivity contribution in [1.82, 2.24) is 20.5 Å². The molecule has 1 aromatic carbocycles. The number of hydrogen-bond donors (Lipinski definition) is 3. The number of non-ortho nitro benzene ring substituents is 1. The maximum Gasteiger partial charge on any atom is 0.341 e. The van der Waals surface area contributed by atoms with Gasteiger partial charge in [-0.2, -0.15) is 0 Å². The summed E-state index contributed by atoms with van der Waals surface area (Å²) in [7, 11) is 0. The molecule has 1 amide bonds. The number of unbranched alkanes of at least 4 members (excludes halogenated alkanes) is 1. The van der Waals surface area contributed by atoms with Crippen LogP contribution in [0, 0.1) is 10.1 Å². The van der Waals surface area contributed by atoms with Gasteiger partial charge in [0.2, 0.25) is 5.82 Å². The predicted octanol–water partition coefficient (Wildman–Crippen LogP) is 0.759. The van der Waals surface area contributed by atoms with Crippen molar-refractivity contribution in [2.45, 2.75) is 19.3 Å². The summed E-state index contributed by atoms with van der Waals surface area (Å²) in [5.74, 6) is -0.478. The van der Waals surface area contributed by atoms with Crippen molar-refractivity contribution in [3.05, 3.63) is 56.3 Å². The summed E-state index contributed by atoms with van der Waals surface area (Å²) in [6, 6.07) is 6.41. The third-order valence-electron chi connectivity index (χ3n) is 3.04. The quantitative estimate of drug-likeness (QED) is 0.394. The van der Waals surface area contributed by atoms with E-state index in [1.807, 2.05) is 0 Å². The van der Waals surface area contributed by atoms with Crippen molar-refractivity contribution < 1.29 is 9.72 Å². The van der Waals surface area contributed by atoms with Gasteiger partial charge in [-0.15, -0.1) is 5.10 Å². The lowest BCUT2D eigenvalue weighted by Gasteiger charge is -2.03. The standard InChI is InChI=1S/C13H15N5O4/c19-12(11-15-13(20)17-16-11)14-8-2-1-3-9-4-6-10(7-5-9)18(21)22/h4-7H,1-3,8H2,(H,14,19)(H2,15,16,17,20). The largest absolute Gasteiger partial charge is 0.349 e. The van der Waals surface area contributed by atoms with Gasteiger partial charge in [-0.25, -0.2) is 9.89 Å². The molecule has 0 spiro atoms. The first kappa shape index (κ1) is 15.4. The van der Waals surface area contributed by atoms with Crippen LogP contribution in [0.1, 0.15) is 29.0 Å². The Morgan fingerprint density at radius 3 is 2.59 bits per heavy atom. The summed E-state index contributed by atoms with van der Waals surface area (Å²) in [6.45, 7) is 0.459. The van der Waals surface area contributed by atoms with E-state index in [0.717, 1.165) is 24.8 Å². The minimum atomic E-state index is -0.525. The number of rotatable bonds is 7.